The molecule has 2 aliphatic rings. The number of phenolic OH excluding ortho intramolecular Hbond substituents is 1. The van der Waals surface area contributed by atoms with Gasteiger partial charge in [0.1, 0.15) is 23.9 Å². The van der Waals surface area contributed by atoms with Crippen molar-refractivity contribution in [1.82, 2.24) is 20.9 Å². The molecule has 5 N–H and O–H groups in total. The molecule has 2 aromatic carbocycles. The molecule has 2 aromatic rings. The van der Waals surface area contributed by atoms with Gasteiger partial charge in [-0.25, -0.2) is 4.79 Å². The van der Waals surface area contributed by atoms with Crippen LogP contribution in [0.3, 0.4) is 0 Å². The van der Waals surface area contributed by atoms with Crippen LogP contribution < -0.4 is 16.0 Å². The predicted molar refractivity (Wildman–Crippen MR) is 139 cm³/mol. The molecule has 0 aliphatic carbocycles. The van der Waals surface area contributed by atoms with Crippen LogP contribution in [-0.2, 0) is 32.0 Å². The van der Waals surface area contributed by atoms with E-state index in [4.69, 9.17) is 0 Å². The lowest BCUT2D eigenvalue weighted by atomic mass is 10.0. The third-order valence-corrected chi connectivity index (χ3v) is 7.10. The molecule has 0 aromatic heterocycles. The van der Waals surface area contributed by atoms with Crippen molar-refractivity contribution in [3.8, 4) is 5.75 Å². The third-order valence-electron chi connectivity index (χ3n) is 7.10. The van der Waals surface area contributed by atoms with Crippen molar-refractivity contribution in [2.24, 2.45) is 0 Å². The van der Waals surface area contributed by atoms with E-state index in [2.05, 4.69) is 16.0 Å². The first-order valence-electron chi connectivity index (χ1n) is 13.0. The minimum Gasteiger partial charge on any atom is -0.508 e. The SMILES string of the molecule is O=C(O)C(Cc1ccc(O)cc1)NC(=O)C(Cc1ccccc1)NC(=O)C1CCCN1C(=O)C1CCCN1. The Hall–Kier alpha value is -3.92. The van der Waals surface area contributed by atoms with E-state index in [1.165, 1.54) is 12.1 Å². The van der Waals surface area contributed by atoms with Crippen molar-refractivity contribution < 1.29 is 29.4 Å². The van der Waals surface area contributed by atoms with Gasteiger partial charge in [-0.3, -0.25) is 14.4 Å². The topological polar surface area (TPSA) is 148 Å². The number of aliphatic carboxylic acids is 1. The molecule has 10 nitrogen and oxygen atoms in total. The highest BCUT2D eigenvalue weighted by atomic mass is 16.4. The largest absolute Gasteiger partial charge is 0.508 e. The fourth-order valence-electron chi connectivity index (χ4n) is 5.07. The highest BCUT2D eigenvalue weighted by Gasteiger charge is 2.39. The van der Waals surface area contributed by atoms with Gasteiger partial charge in [-0.15, -0.1) is 0 Å². The number of rotatable bonds is 10. The van der Waals surface area contributed by atoms with Gasteiger partial charge < -0.3 is 31.1 Å². The van der Waals surface area contributed by atoms with E-state index in [0.29, 0.717) is 24.9 Å². The zero-order chi connectivity index (χ0) is 27.1. The second-order valence-electron chi connectivity index (χ2n) is 9.86. The standard InChI is InChI=1S/C28H34N4O6/c33-20-12-10-19(11-13-20)17-23(28(37)38)31-25(34)22(16-18-6-2-1-3-7-18)30-26(35)24-9-5-15-32(24)27(36)21-8-4-14-29-21/h1-3,6-7,10-13,21-24,29,33H,4-5,8-9,14-17H2,(H,30,35)(H,31,34)(H,37,38). The number of carboxylic acid groups (broad SMARTS) is 1. The minimum absolute atomic E-state index is 0.00660. The molecule has 2 heterocycles. The van der Waals surface area contributed by atoms with Crippen molar-refractivity contribution in [2.45, 2.75) is 62.7 Å². The zero-order valence-corrected chi connectivity index (χ0v) is 21.1. The number of benzene rings is 2. The van der Waals surface area contributed by atoms with Crippen LogP contribution >= 0.6 is 0 Å². The Balaban J connectivity index is 1.48. The lowest BCUT2D eigenvalue weighted by Gasteiger charge is -2.28. The lowest BCUT2D eigenvalue weighted by molar-refractivity contribution is -0.143. The summed E-state index contributed by atoms with van der Waals surface area (Å²) in [5.74, 6) is -2.30. The van der Waals surface area contributed by atoms with E-state index in [9.17, 15) is 29.4 Å². The summed E-state index contributed by atoms with van der Waals surface area (Å²) in [4.78, 5) is 53.3. The highest BCUT2D eigenvalue weighted by Crippen LogP contribution is 2.21. The Labute approximate surface area is 221 Å². The molecule has 2 aliphatic heterocycles. The summed E-state index contributed by atoms with van der Waals surface area (Å²) in [6, 6.07) is 12.0. The molecule has 0 saturated carbocycles. The Morgan fingerprint density at radius 1 is 0.895 bits per heavy atom. The average Bonchev–Trinajstić information content (AvgIpc) is 3.62. The van der Waals surface area contributed by atoms with Gasteiger partial charge in [-0.05, 0) is 55.5 Å². The van der Waals surface area contributed by atoms with Gasteiger partial charge in [0, 0.05) is 19.4 Å². The van der Waals surface area contributed by atoms with Gasteiger partial charge in [0.2, 0.25) is 17.7 Å². The Bertz CT molecular complexity index is 1130. The lowest BCUT2D eigenvalue weighted by Crippen LogP contribution is -2.57. The number of nitrogens with zero attached hydrogens (tertiary/aromatic N) is 1. The normalized spacial score (nSPS) is 20.5. The predicted octanol–water partition coefficient (Wildman–Crippen LogP) is 0.975. The fourth-order valence-corrected chi connectivity index (χ4v) is 5.07. The monoisotopic (exact) mass is 522 g/mol. The summed E-state index contributed by atoms with van der Waals surface area (Å²) in [6.45, 7) is 1.26. The van der Waals surface area contributed by atoms with E-state index in [1.54, 1.807) is 17.0 Å². The number of hydrogen-bond donors (Lipinski definition) is 5. The van der Waals surface area contributed by atoms with Gasteiger partial charge in [-0.1, -0.05) is 42.5 Å². The molecular weight excluding hydrogens is 488 g/mol. The summed E-state index contributed by atoms with van der Waals surface area (Å²) in [5.41, 5.74) is 1.42. The quantitative estimate of drug-likeness (QED) is 0.312. The van der Waals surface area contributed by atoms with Gasteiger partial charge in [0.05, 0.1) is 6.04 Å². The van der Waals surface area contributed by atoms with E-state index in [0.717, 1.165) is 24.9 Å². The number of carbonyl (C=O) groups excluding carboxylic acids is 3. The number of likely N-dealkylation sites (tertiary alicyclic amines) is 1. The van der Waals surface area contributed by atoms with E-state index in [1.807, 2.05) is 30.3 Å². The van der Waals surface area contributed by atoms with Crippen molar-refractivity contribution in [3.05, 3.63) is 65.7 Å². The molecule has 2 fully saturated rings. The first-order chi connectivity index (χ1) is 18.3. The van der Waals surface area contributed by atoms with Crippen molar-refractivity contribution >= 4 is 23.7 Å². The Morgan fingerprint density at radius 3 is 2.24 bits per heavy atom. The summed E-state index contributed by atoms with van der Waals surface area (Å²) in [6.07, 6.45) is 3.01. The smallest absolute Gasteiger partial charge is 0.326 e. The fraction of sp³-hybridized carbons (Fsp3) is 0.429. The van der Waals surface area contributed by atoms with Crippen LogP contribution in [0.25, 0.3) is 0 Å². The molecule has 10 heteroatoms. The molecule has 4 atom stereocenters. The van der Waals surface area contributed by atoms with E-state index < -0.39 is 35.9 Å². The van der Waals surface area contributed by atoms with Crippen LogP contribution in [0.1, 0.15) is 36.8 Å². The van der Waals surface area contributed by atoms with Crippen LogP contribution in [0, 0.1) is 0 Å². The van der Waals surface area contributed by atoms with Crippen molar-refractivity contribution in [1.29, 1.82) is 0 Å². The maximum atomic E-state index is 13.4. The van der Waals surface area contributed by atoms with E-state index >= 15 is 0 Å². The maximum Gasteiger partial charge on any atom is 0.326 e. The summed E-state index contributed by atoms with van der Waals surface area (Å²) >= 11 is 0. The third kappa shape index (κ3) is 6.89. The van der Waals surface area contributed by atoms with Crippen molar-refractivity contribution in [3.63, 3.8) is 0 Å². The average molecular weight is 523 g/mol. The van der Waals surface area contributed by atoms with Crippen LogP contribution in [0.2, 0.25) is 0 Å². The van der Waals surface area contributed by atoms with Gasteiger partial charge >= 0.3 is 5.97 Å². The number of carbonyl (C=O) groups is 4. The molecule has 3 amide bonds. The van der Waals surface area contributed by atoms with Crippen LogP contribution in [-0.4, -0.2) is 76.1 Å². The van der Waals surface area contributed by atoms with Crippen LogP contribution in [0.4, 0.5) is 0 Å². The molecule has 202 valence electrons. The minimum atomic E-state index is -1.24. The summed E-state index contributed by atoms with van der Waals surface area (Å²) < 4.78 is 0. The molecule has 0 radical (unpaired) electrons. The first kappa shape index (κ1) is 27.1. The first-order valence-corrected chi connectivity index (χ1v) is 13.0. The highest BCUT2D eigenvalue weighted by molar-refractivity contribution is 5.94. The number of nitrogens with one attached hydrogen (secondary N) is 3. The Morgan fingerprint density at radius 2 is 1.58 bits per heavy atom. The second kappa shape index (κ2) is 12.6. The molecular formula is C28H34N4O6. The van der Waals surface area contributed by atoms with Gasteiger partial charge in [-0.2, -0.15) is 0 Å². The molecule has 38 heavy (non-hydrogen) atoms. The number of amides is 3. The Kier molecular flexibility index (Phi) is 8.96. The number of phenols is 1. The number of hydrogen-bond acceptors (Lipinski definition) is 6. The zero-order valence-electron chi connectivity index (χ0n) is 21.1. The molecule has 4 rings (SSSR count). The number of aromatic hydroxyl groups is 1. The van der Waals surface area contributed by atoms with Gasteiger partial charge in [0.25, 0.3) is 0 Å². The number of carboxylic acids is 1. The van der Waals surface area contributed by atoms with Crippen LogP contribution in [0.5, 0.6) is 5.75 Å². The van der Waals surface area contributed by atoms with Crippen molar-refractivity contribution in [2.75, 3.05) is 13.1 Å². The molecule has 0 spiro atoms. The second-order valence-corrected chi connectivity index (χ2v) is 9.86. The molecule has 0 bridgehead atoms. The maximum absolute atomic E-state index is 13.4. The van der Waals surface area contributed by atoms with Gasteiger partial charge in [0.15, 0.2) is 0 Å². The molecule has 4 unspecified atom stereocenters. The summed E-state index contributed by atoms with van der Waals surface area (Å²) in [5, 5.41) is 27.8. The summed E-state index contributed by atoms with van der Waals surface area (Å²) in [7, 11) is 0. The molecule has 2 saturated heterocycles. The van der Waals surface area contributed by atoms with Crippen LogP contribution in [0.15, 0.2) is 54.6 Å². The van der Waals surface area contributed by atoms with E-state index in [-0.39, 0.29) is 30.5 Å².